The highest BCUT2D eigenvalue weighted by molar-refractivity contribution is 5.74. The lowest BCUT2D eigenvalue weighted by atomic mass is 9.80. The van der Waals surface area contributed by atoms with Crippen molar-refractivity contribution in [1.82, 2.24) is 0 Å². The molecule has 0 aliphatic rings. The highest BCUT2D eigenvalue weighted by atomic mass is 16.6. The molecule has 4 rings (SSSR count). The second-order valence-corrected chi connectivity index (χ2v) is 9.62. The lowest BCUT2D eigenvalue weighted by Gasteiger charge is -2.37. The summed E-state index contributed by atoms with van der Waals surface area (Å²) in [6.45, 7) is 2.92. The third-order valence-electron chi connectivity index (χ3n) is 6.74. The monoisotopic (exact) mass is 552 g/mol. The van der Waals surface area contributed by atoms with Crippen LogP contribution < -0.4 is 0 Å². The van der Waals surface area contributed by atoms with Gasteiger partial charge in [0.15, 0.2) is 0 Å². The Morgan fingerprint density at radius 2 is 1.27 bits per heavy atom. The first-order chi connectivity index (χ1) is 20.1. The van der Waals surface area contributed by atoms with Gasteiger partial charge in [0.05, 0.1) is 25.9 Å². The van der Waals surface area contributed by atoms with Gasteiger partial charge in [0.25, 0.3) is 0 Å². The second kappa shape index (κ2) is 15.6. The Labute approximate surface area is 241 Å². The molecule has 41 heavy (non-hydrogen) atoms. The highest BCUT2D eigenvalue weighted by Crippen LogP contribution is 2.40. The topological polar surface area (TPSA) is 71.1 Å². The van der Waals surface area contributed by atoms with Gasteiger partial charge >= 0.3 is 5.97 Å². The Hall–Kier alpha value is -4.10. The van der Waals surface area contributed by atoms with Crippen LogP contribution in [0.25, 0.3) is 0 Å². The summed E-state index contributed by atoms with van der Waals surface area (Å²) in [6.07, 6.45) is 1.07. The Kier molecular flexibility index (Phi) is 11.4. The van der Waals surface area contributed by atoms with Crippen molar-refractivity contribution < 1.29 is 28.5 Å². The maximum absolute atomic E-state index is 11.3. The summed E-state index contributed by atoms with van der Waals surface area (Å²) < 4.78 is 24.1. The molecule has 1 unspecified atom stereocenters. The van der Waals surface area contributed by atoms with Gasteiger partial charge in [0.1, 0.15) is 18.5 Å². The van der Waals surface area contributed by atoms with Crippen LogP contribution in [0.4, 0.5) is 0 Å². The predicted molar refractivity (Wildman–Crippen MR) is 158 cm³/mol. The summed E-state index contributed by atoms with van der Waals surface area (Å²) in [5.41, 5.74) is 3.76. The zero-order valence-electron chi connectivity index (χ0n) is 23.3. The molecule has 0 heterocycles. The first kappa shape index (κ1) is 29.9. The molecule has 0 N–H and O–H groups in total. The maximum Gasteiger partial charge on any atom is 0.302 e. The van der Waals surface area contributed by atoms with Crippen molar-refractivity contribution in [3.05, 3.63) is 143 Å². The van der Waals surface area contributed by atoms with E-state index < -0.39 is 5.60 Å². The Morgan fingerprint density at radius 3 is 1.76 bits per heavy atom. The average molecular weight is 553 g/mol. The van der Waals surface area contributed by atoms with Gasteiger partial charge in [-0.3, -0.25) is 9.59 Å². The first-order valence-corrected chi connectivity index (χ1v) is 13.8. The van der Waals surface area contributed by atoms with Crippen LogP contribution >= 0.6 is 0 Å². The summed E-state index contributed by atoms with van der Waals surface area (Å²) in [7, 11) is 0. The summed E-state index contributed by atoms with van der Waals surface area (Å²) >= 11 is 0. The molecular weight excluding hydrogens is 516 g/mol. The number of carbonyl (C=O) groups excluding carboxylic acids is 2. The normalized spacial score (nSPS) is 12.0. The lowest BCUT2D eigenvalue weighted by molar-refractivity contribution is -0.144. The molecule has 4 aromatic rings. The van der Waals surface area contributed by atoms with E-state index in [1.165, 1.54) is 6.92 Å². The molecule has 4 aromatic carbocycles. The molecule has 0 saturated carbocycles. The second-order valence-electron chi connectivity index (χ2n) is 9.62. The number of ether oxygens (including phenoxy) is 4. The minimum absolute atomic E-state index is 0.164. The van der Waals surface area contributed by atoms with E-state index in [2.05, 4.69) is 36.4 Å². The van der Waals surface area contributed by atoms with Crippen LogP contribution in [0.15, 0.2) is 115 Å². The number of hydrogen-bond donors (Lipinski definition) is 0. The molecule has 0 radical (unpaired) electrons. The van der Waals surface area contributed by atoms with Crippen molar-refractivity contribution in [3.8, 4) is 0 Å². The maximum atomic E-state index is 11.3. The van der Waals surface area contributed by atoms with Crippen molar-refractivity contribution >= 4 is 12.3 Å². The van der Waals surface area contributed by atoms with Gasteiger partial charge in [-0.2, -0.15) is 0 Å². The van der Waals surface area contributed by atoms with E-state index in [0.717, 1.165) is 28.5 Å². The predicted octanol–water partition coefficient (Wildman–Crippen LogP) is 6.36. The van der Waals surface area contributed by atoms with Crippen LogP contribution in [-0.4, -0.2) is 44.8 Å². The molecule has 0 bridgehead atoms. The number of hydrogen-bond acceptors (Lipinski definition) is 6. The van der Waals surface area contributed by atoms with Crippen molar-refractivity contribution in [2.24, 2.45) is 0 Å². The highest BCUT2D eigenvalue weighted by Gasteiger charge is 2.38. The molecule has 6 nitrogen and oxygen atoms in total. The number of rotatable bonds is 16. The van der Waals surface area contributed by atoms with Crippen LogP contribution in [0.5, 0.6) is 0 Å². The molecular formula is C35H36O6. The van der Waals surface area contributed by atoms with Crippen LogP contribution in [0, 0.1) is 0 Å². The molecule has 212 valence electrons. The summed E-state index contributed by atoms with van der Waals surface area (Å²) in [6, 6.07) is 37.9. The van der Waals surface area contributed by atoms with Gasteiger partial charge in [-0.15, -0.1) is 0 Å². The van der Waals surface area contributed by atoms with Crippen LogP contribution in [0.1, 0.15) is 46.0 Å². The Balaban J connectivity index is 1.53. The fourth-order valence-electron chi connectivity index (χ4n) is 4.70. The zero-order valence-corrected chi connectivity index (χ0v) is 23.3. The van der Waals surface area contributed by atoms with Gasteiger partial charge in [-0.05, 0) is 28.7 Å². The fourth-order valence-corrected chi connectivity index (χ4v) is 4.70. The summed E-state index contributed by atoms with van der Waals surface area (Å²) in [5.74, 6) is -0.346. The van der Waals surface area contributed by atoms with E-state index in [1.54, 1.807) is 12.1 Å². The van der Waals surface area contributed by atoms with Crippen molar-refractivity contribution in [2.75, 3.05) is 26.4 Å². The van der Waals surface area contributed by atoms with Crippen LogP contribution in [-0.2, 0) is 35.9 Å². The van der Waals surface area contributed by atoms with Crippen LogP contribution in [0.2, 0.25) is 0 Å². The molecule has 0 aromatic heterocycles. The van der Waals surface area contributed by atoms with E-state index in [0.29, 0.717) is 25.2 Å². The number of benzene rings is 4. The molecule has 0 aliphatic heterocycles. The van der Waals surface area contributed by atoms with Gasteiger partial charge in [-0.1, -0.05) is 115 Å². The van der Waals surface area contributed by atoms with Gasteiger partial charge in [0, 0.05) is 19.1 Å². The van der Waals surface area contributed by atoms with E-state index >= 15 is 0 Å². The lowest BCUT2D eigenvalue weighted by Crippen LogP contribution is -2.37. The van der Waals surface area contributed by atoms with Gasteiger partial charge in [0.2, 0.25) is 0 Å². The van der Waals surface area contributed by atoms with E-state index in [1.807, 2.05) is 66.7 Å². The zero-order chi connectivity index (χ0) is 28.8. The number of carbonyl (C=O) groups is 2. The fraction of sp³-hybridized carbons (Fsp3) is 0.257. The van der Waals surface area contributed by atoms with E-state index in [4.69, 9.17) is 18.9 Å². The Bertz CT molecular complexity index is 1230. The smallest absolute Gasteiger partial charge is 0.302 e. The van der Waals surface area contributed by atoms with Gasteiger partial charge in [-0.25, -0.2) is 0 Å². The first-order valence-electron chi connectivity index (χ1n) is 13.8. The number of esters is 1. The summed E-state index contributed by atoms with van der Waals surface area (Å²) in [5, 5.41) is 0. The van der Waals surface area contributed by atoms with Crippen LogP contribution in [0.3, 0.4) is 0 Å². The van der Waals surface area contributed by atoms with Crippen molar-refractivity contribution in [1.29, 1.82) is 0 Å². The molecule has 0 fully saturated rings. The molecule has 0 amide bonds. The minimum Gasteiger partial charge on any atom is -0.463 e. The third kappa shape index (κ3) is 8.44. The van der Waals surface area contributed by atoms with E-state index in [9.17, 15) is 9.59 Å². The molecule has 0 spiro atoms. The standard InChI is InChI=1S/C35H36O6/c1-28(37)39-23-24-40-34(21-22-38-26-30-19-17-29(25-36)18-20-30)27-41-35(31-11-5-2-6-12-31,32-13-7-3-8-14-32)33-15-9-4-10-16-33/h2-20,25,34H,21-24,26-27H2,1H3. The molecule has 0 aliphatic carbocycles. The molecule has 6 heteroatoms. The third-order valence-corrected chi connectivity index (χ3v) is 6.74. The SMILES string of the molecule is CC(=O)OCCOC(CCOCc1ccc(C=O)cc1)COC(c1ccccc1)(c1ccccc1)c1ccccc1. The van der Waals surface area contributed by atoms with Crippen molar-refractivity contribution in [3.63, 3.8) is 0 Å². The molecule has 1 atom stereocenters. The number of aldehydes is 1. The summed E-state index contributed by atoms with van der Waals surface area (Å²) in [4.78, 5) is 22.2. The van der Waals surface area contributed by atoms with Gasteiger partial charge < -0.3 is 18.9 Å². The van der Waals surface area contributed by atoms with Crippen molar-refractivity contribution in [2.45, 2.75) is 31.7 Å². The largest absolute Gasteiger partial charge is 0.463 e. The van der Waals surface area contributed by atoms with E-state index in [-0.39, 0.29) is 31.9 Å². The quantitative estimate of drug-likeness (QED) is 0.0697. The average Bonchev–Trinajstić information content (AvgIpc) is 3.03. The minimum atomic E-state index is -0.873. The molecule has 0 saturated heterocycles. The Morgan fingerprint density at radius 1 is 0.732 bits per heavy atom.